The Labute approximate surface area is 131 Å². The van der Waals surface area contributed by atoms with Gasteiger partial charge in [-0.05, 0) is 47.1 Å². The normalized spacial score (nSPS) is 11.1. The third-order valence-electron chi connectivity index (χ3n) is 2.56. The third-order valence-corrected chi connectivity index (χ3v) is 4.66. The predicted octanol–water partition coefficient (Wildman–Crippen LogP) is 2.63. The van der Waals surface area contributed by atoms with Gasteiger partial charge < -0.3 is 10.5 Å². The van der Waals surface area contributed by atoms with Crippen molar-refractivity contribution in [2.24, 2.45) is 0 Å². The molecule has 0 radical (unpaired) electrons. The van der Waals surface area contributed by atoms with Gasteiger partial charge in [0.1, 0.15) is 0 Å². The molecule has 0 aliphatic carbocycles. The second kappa shape index (κ2) is 6.31. The van der Waals surface area contributed by atoms with Crippen LogP contribution in [0.1, 0.15) is 6.92 Å². The van der Waals surface area contributed by atoms with Crippen molar-refractivity contribution in [2.75, 3.05) is 17.1 Å². The summed E-state index contributed by atoms with van der Waals surface area (Å²) in [5.74, 6) is 0.438. The van der Waals surface area contributed by atoms with Crippen molar-refractivity contribution in [3.05, 3.63) is 41.0 Å². The molecule has 0 saturated carbocycles. The van der Waals surface area contributed by atoms with E-state index < -0.39 is 10.0 Å². The van der Waals surface area contributed by atoms with E-state index in [9.17, 15) is 8.42 Å². The number of nitrogens with zero attached hydrogens (tertiary/aromatic N) is 1. The lowest BCUT2D eigenvalue weighted by atomic mass is 10.3. The maximum atomic E-state index is 12.2. The molecule has 0 spiro atoms. The number of nitrogen functional groups attached to an aromatic ring is 1. The summed E-state index contributed by atoms with van der Waals surface area (Å²) in [7, 11) is -3.71. The van der Waals surface area contributed by atoms with E-state index in [2.05, 4.69) is 25.6 Å². The lowest BCUT2D eigenvalue weighted by molar-refractivity contribution is 0.327. The molecule has 0 fully saturated rings. The number of hydrogen-bond donors (Lipinski definition) is 2. The van der Waals surface area contributed by atoms with Crippen LogP contribution >= 0.6 is 15.9 Å². The Balaban J connectivity index is 2.22. The molecule has 3 N–H and O–H groups in total. The highest BCUT2D eigenvalue weighted by Crippen LogP contribution is 2.24. The fourth-order valence-corrected chi connectivity index (χ4v) is 2.90. The number of hydrogen-bond acceptors (Lipinski definition) is 5. The van der Waals surface area contributed by atoms with Crippen LogP contribution in [0.5, 0.6) is 5.88 Å². The monoisotopic (exact) mass is 371 g/mol. The maximum Gasteiger partial charge on any atom is 0.262 e. The highest BCUT2D eigenvalue weighted by atomic mass is 79.9. The largest absolute Gasteiger partial charge is 0.478 e. The van der Waals surface area contributed by atoms with Gasteiger partial charge in [0.05, 0.1) is 23.4 Å². The zero-order chi connectivity index (χ0) is 15.5. The molecule has 0 aliphatic heterocycles. The molecule has 0 amide bonds. The molecule has 6 nitrogen and oxygen atoms in total. The first kappa shape index (κ1) is 15.6. The lowest BCUT2D eigenvalue weighted by Crippen LogP contribution is -2.13. The number of aromatic nitrogens is 1. The molecule has 8 heteroatoms. The Hall–Kier alpha value is -1.80. The smallest absolute Gasteiger partial charge is 0.262 e. The van der Waals surface area contributed by atoms with Gasteiger partial charge in [-0.2, -0.15) is 0 Å². The van der Waals surface area contributed by atoms with E-state index in [-0.39, 0.29) is 4.90 Å². The number of nitrogens with one attached hydrogen (secondary N) is 1. The van der Waals surface area contributed by atoms with E-state index in [1.165, 1.54) is 18.3 Å². The number of nitrogens with two attached hydrogens (primary N) is 1. The quantitative estimate of drug-likeness (QED) is 0.787. The number of halogens is 1. The second-order valence-corrected chi connectivity index (χ2v) is 6.64. The van der Waals surface area contributed by atoms with Crippen molar-refractivity contribution < 1.29 is 13.2 Å². The minimum atomic E-state index is -3.71. The Bertz CT molecular complexity index is 733. The average Bonchev–Trinajstić information content (AvgIpc) is 2.44. The van der Waals surface area contributed by atoms with Crippen LogP contribution in [0.15, 0.2) is 45.9 Å². The zero-order valence-corrected chi connectivity index (χ0v) is 13.6. The summed E-state index contributed by atoms with van der Waals surface area (Å²) in [5.41, 5.74) is 6.39. The molecule has 112 valence electrons. The van der Waals surface area contributed by atoms with Crippen LogP contribution in [-0.4, -0.2) is 20.0 Å². The topological polar surface area (TPSA) is 94.3 Å². The first-order chi connectivity index (χ1) is 9.92. The van der Waals surface area contributed by atoms with Crippen LogP contribution in [0, 0.1) is 0 Å². The van der Waals surface area contributed by atoms with Gasteiger partial charge in [-0.3, -0.25) is 4.72 Å². The SMILES string of the molecule is CCOc1ccc(NS(=O)(=O)c2ccc(Br)c(N)c2)cn1. The molecule has 1 aromatic carbocycles. The van der Waals surface area contributed by atoms with E-state index >= 15 is 0 Å². The molecular formula is C13H14BrN3O3S. The summed E-state index contributed by atoms with van der Waals surface area (Å²) in [6, 6.07) is 7.61. The fraction of sp³-hybridized carbons (Fsp3) is 0.154. The third kappa shape index (κ3) is 3.85. The average molecular weight is 372 g/mol. The number of pyridine rings is 1. The van der Waals surface area contributed by atoms with Gasteiger partial charge in [0.25, 0.3) is 10.0 Å². The van der Waals surface area contributed by atoms with Gasteiger partial charge in [0.2, 0.25) is 5.88 Å². The van der Waals surface area contributed by atoms with Gasteiger partial charge in [-0.15, -0.1) is 0 Å². The molecule has 1 heterocycles. The number of sulfonamides is 1. The standard InChI is InChI=1S/C13H14BrN3O3S/c1-2-20-13-6-3-9(8-16-13)17-21(18,19)10-4-5-11(14)12(15)7-10/h3-8,17H,2,15H2,1H3. The van der Waals surface area contributed by atoms with E-state index in [0.29, 0.717) is 28.3 Å². The van der Waals surface area contributed by atoms with Crippen LogP contribution in [0.2, 0.25) is 0 Å². The van der Waals surface area contributed by atoms with Gasteiger partial charge in [0.15, 0.2) is 0 Å². The minimum absolute atomic E-state index is 0.0806. The Morgan fingerprint density at radius 1 is 1.33 bits per heavy atom. The maximum absolute atomic E-state index is 12.2. The van der Waals surface area contributed by atoms with Gasteiger partial charge in [-0.25, -0.2) is 13.4 Å². The molecule has 0 bridgehead atoms. The molecule has 0 saturated heterocycles. The predicted molar refractivity (Wildman–Crippen MR) is 84.8 cm³/mol. The number of rotatable bonds is 5. The summed E-state index contributed by atoms with van der Waals surface area (Å²) in [5, 5.41) is 0. The minimum Gasteiger partial charge on any atom is -0.478 e. The van der Waals surface area contributed by atoms with Crippen LogP contribution in [0.25, 0.3) is 0 Å². The summed E-state index contributed by atoms with van der Waals surface area (Å²) < 4.78 is 32.7. The molecule has 21 heavy (non-hydrogen) atoms. The number of anilines is 2. The fourth-order valence-electron chi connectivity index (χ4n) is 1.58. The summed E-state index contributed by atoms with van der Waals surface area (Å²) in [6.45, 7) is 2.34. The van der Waals surface area contributed by atoms with Crippen LogP contribution in [0.4, 0.5) is 11.4 Å². The van der Waals surface area contributed by atoms with Crippen LogP contribution in [-0.2, 0) is 10.0 Å². The number of benzene rings is 1. The molecule has 2 rings (SSSR count). The van der Waals surface area contributed by atoms with Crippen LogP contribution < -0.4 is 15.2 Å². The number of ether oxygens (including phenoxy) is 1. The molecular weight excluding hydrogens is 358 g/mol. The van der Waals surface area contributed by atoms with E-state index in [1.54, 1.807) is 18.2 Å². The van der Waals surface area contributed by atoms with Crippen molar-refractivity contribution in [3.8, 4) is 5.88 Å². The van der Waals surface area contributed by atoms with Gasteiger partial charge >= 0.3 is 0 Å². The van der Waals surface area contributed by atoms with E-state index in [4.69, 9.17) is 10.5 Å². The van der Waals surface area contributed by atoms with E-state index in [0.717, 1.165) is 0 Å². The summed E-state index contributed by atoms with van der Waals surface area (Å²) >= 11 is 3.22. The highest BCUT2D eigenvalue weighted by molar-refractivity contribution is 9.10. The van der Waals surface area contributed by atoms with Crippen LogP contribution in [0.3, 0.4) is 0 Å². The van der Waals surface area contributed by atoms with Crippen molar-refractivity contribution in [1.29, 1.82) is 0 Å². The Morgan fingerprint density at radius 3 is 2.67 bits per heavy atom. The summed E-state index contributed by atoms with van der Waals surface area (Å²) in [6.07, 6.45) is 1.39. The van der Waals surface area contributed by atoms with Gasteiger partial charge in [0, 0.05) is 16.2 Å². The molecule has 1 aromatic heterocycles. The van der Waals surface area contributed by atoms with Crippen molar-refractivity contribution in [2.45, 2.75) is 11.8 Å². The molecule has 0 aliphatic rings. The first-order valence-electron chi connectivity index (χ1n) is 6.09. The molecule has 2 aromatic rings. The van der Waals surface area contributed by atoms with Crippen molar-refractivity contribution in [3.63, 3.8) is 0 Å². The lowest BCUT2D eigenvalue weighted by Gasteiger charge is -2.09. The van der Waals surface area contributed by atoms with Crippen molar-refractivity contribution >= 4 is 37.3 Å². The van der Waals surface area contributed by atoms with E-state index in [1.807, 2.05) is 6.92 Å². The Kier molecular flexibility index (Phi) is 4.69. The van der Waals surface area contributed by atoms with Crippen molar-refractivity contribution in [1.82, 2.24) is 4.98 Å². The second-order valence-electron chi connectivity index (χ2n) is 4.11. The summed E-state index contributed by atoms with van der Waals surface area (Å²) in [4.78, 5) is 4.08. The van der Waals surface area contributed by atoms with Gasteiger partial charge in [-0.1, -0.05) is 0 Å². The molecule has 0 unspecified atom stereocenters. The zero-order valence-electron chi connectivity index (χ0n) is 11.2. The molecule has 0 atom stereocenters. The highest BCUT2D eigenvalue weighted by Gasteiger charge is 2.15. The Morgan fingerprint density at radius 2 is 2.10 bits per heavy atom. The first-order valence-corrected chi connectivity index (χ1v) is 8.36.